The number of para-hydroxylation sites is 1. The Bertz CT molecular complexity index is 291. The lowest BCUT2D eigenvalue weighted by atomic mass is 10.3. The molecule has 0 aliphatic carbocycles. The molecule has 3 heteroatoms. The quantitative estimate of drug-likeness (QED) is 0.704. The summed E-state index contributed by atoms with van der Waals surface area (Å²) in [6.45, 7) is 5.08. The minimum absolute atomic E-state index is 0.687. The number of benzene rings is 1. The van der Waals surface area contributed by atoms with Crippen molar-refractivity contribution in [2.24, 2.45) is 0 Å². The lowest BCUT2D eigenvalue weighted by Crippen LogP contribution is -2.16. The van der Waals surface area contributed by atoms with Gasteiger partial charge < -0.3 is 10.1 Å². The molecule has 2 nitrogen and oxygen atoms in total. The molecule has 0 aliphatic heterocycles. The predicted octanol–water partition coefficient (Wildman–Crippen LogP) is 3.50. The Balaban J connectivity index is 2.05. The summed E-state index contributed by atoms with van der Waals surface area (Å²) in [6, 6.07) is 7.59. The normalized spacial score (nSPS) is 10.4. The minimum atomic E-state index is 0.687. The first-order chi connectivity index (χ1) is 7.84. The summed E-state index contributed by atoms with van der Waals surface area (Å²) in [5.74, 6) is 0.783. The van der Waals surface area contributed by atoms with Crippen molar-refractivity contribution in [3.63, 3.8) is 0 Å². The first-order valence-electron chi connectivity index (χ1n) is 5.92. The van der Waals surface area contributed by atoms with Gasteiger partial charge in [0.25, 0.3) is 0 Å². The summed E-state index contributed by atoms with van der Waals surface area (Å²) < 4.78 is 5.58. The van der Waals surface area contributed by atoms with Crippen LogP contribution in [0.5, 0.6) is 5.75 Å². The number of halogens is 1. The molecule has 16 heavy (non-hydrogen) atoms. The molecule has 0 bridgehead atoms. The number of hydrogen-bond acceptors (Lipinski definition) is 2. The monoisotopic (exact) mass is 241 g/mol. The number of nitrogens with one attached hydrogen (secondary N) is 1. The summed E-state index contributed by atoms with van der Waals surface area (Å²) in [6.07, 6.45) is 3.39. The van der Waals surface area contributed by atoms with Crippen molar-refractivity contribution in [2.45, 2.75) is 26.2 Å². The van der Waals surface area contributed by atoms with Crippen LogP contribution in [0.2, 0.25) is 5.02 Å². The SMILES string of the molecule is CCCNCCCCOc1ccccc1Cl. The molecule has 0 atom stereocenters. The van der Waals surface area contributed by atoms with Gasteiger partial charge in [-0.3, -0.25) is 0 Å². The molecule has 0 radical (unpaired) electrons. The second-order valence-corrected chi connectivity index (χ2v) is 4.14. The average Bonchev–Trinajstić information content (AvgIpc) is 2.30. The molecular formula is C13H20ClNO. The summed E-state index contributed by atoms with van der Waals surface area (Å²) in [5.41, 5.74) is 0. The minimum Gasteiger partial charge on any atom is -0.492 e. The summed E-state index contributed by atoms with van der Waals surface area (Å²) >= 11 is 5.97. The highest BCUT2D eigenvalue weighted by Gasteiger charge is 1.98. The van der Waals surface area contributed by atoms with Crippen molar-refractivity contribution >= 4 is 11.6 Å². The van der Waals surface area contributed by atoms with E-state index < -0.39 is 0 Å². The van der Waals surface area contributed by atoms with Gasteiger partial charge in [0.2, 0.25) is 0 Å². The molecule has 1 rings (SSSR count). The average molecular weight is 242 g/mol. The number of rotatable bonds is 8. The summed E-state index contributed by atoms with van der Waals surface area (Å²) in [4.78, 5) is 0. The van der Waals surface area contributed by atoms with Crippen LogP contribution in [0.3, 0.4) is 0 Å². The van der Waals surface area contributed by atoms with E-state index in [0.29, 0.717) is 5.02 Å². The fourth-order valence-electron chi connectivity index (χ4n) is 1.40. The zero-order valence-corrected chi connectivity index (χ0v) is 10.6. The van der Waals surface area contributed by atoms with E-state index in [9.17, 15) is 0 Å². The Labute approximate surface area is 103 Å². The topological polar surface area (TPSA) is 21.3 Å². The molecule has 0 aromatic heterocycles. The highest BCUT2D eigenvalue weighted by molar-refractivity contribution is 6.32. The molecule has 0 heterocycles. The maximum atomic E-state index is 5.97. The fourth-order valence-corrected chi connectivity index (χ4v) is 1.59. The van der Waals surface area contributed by atoms with E-state index in [4.69, 9.17) is 16.3 Å². The number of hydrogen-bond donors (Lipinski definition) is 1. The second-order valence-electron chi connectivity index (χ2n) is 3.74. The predicted molar refractivity (Wildman–Crippen MR) is 69.3 cm³/mol. The van der Waals surface area contributed by atoms with E-state index in [1.54, 1.807) is 0 Å². The molecule has 0 aliphatic rings. The van der Waals surface area contributed by atoms with Crippen molar-refractivity contribution < 1.29 is 4.74 Å². The van der Waals surface area contributed by atoms with Crippen molar-refractivity contribution in [2.75, 3.05) is 19.7 Å². The zero-order chi connectivity index (χ0) is 11.6. The Morgan fingerprint density at radius 2 is 2.00 bits per heavy atom. The van der Waals surface area contributed by atoms with Gasteiger partial charge in [0, 0.05) is 0 Å². The van der Waals surface area contributed by atoms with Crippen LogP contribution in [0.1, 0.15) is 26.2 Å². The molecule has 1 N–H and O–H groups in total. The maximum absolute atomic E-state index is 5.97. The summed E-state index contributed by atoms with van der Waals surface area (Å²) in [5, 5.41) is 4.05. The number of ether oxygens (including phenoxy) is 1. The maximum Gasteiger partial charge on any atom is 0.137 e. The van der Waals surface area contributed by atoms with E-state index in [-0.39, 0.29) is 0 Å². The third-order valence-corrected chi connectivity index (χ3v) is 2.58. The highest BCUT2D eigenvalue weighted by Crippen LogP contribution is 2.23. The van der Waals surface area contributed by atoms with Crippen LogP contribution in [0.4, 0.5) is 0 Å². The Hall–Kier alpha value is -0.730. The Kier molecular flexibility index (Phi) is 7.02. The summed E-state index contributed by atoms with van der Waals surface area (Å²) in [7, 11) is 0. The van der Waals surface area contributed by atoms with Gasteiger partial charge in [0.1, 0.15) is 5.75 Å². The Morgan fingerprint density at radius 1 is 1.19 bits per heavy atom. The van der Waals surface area contributed by atoms with Crippen LogP contribution in [0.15, 0.2) is 24.3 Å². The smallest absolute Gasteiger partial charge is 0.137 e. The second kappa shape index (κ2) is 8.43. The molecule has 90 valence electrons. The van der Waals surface area contributed by atoms with Gasteiger partial charge in [-0.1, -0.05) is 30.7 Å². The van der Waals surface area contributed by atoms with E-state index >= 15 is 0 Å². The first kappa shape index (κ1) is 13.3. The Morgan fingerprint density at radius 3 is 2.75 bits per heavy atom. The number of unbranched alkanes of at least 4 members (excludes halogenated alkanes) is 1. The van der Waals surface area contributed by atoms with Crippen LogP contribution < -0.4 is 10.1 Å². The van der Waals surface area contributed by atoms with Gasteiger partial charge in [-0.05, 0) is 44.5 Å². The molecule has 0 unspecified atom stereocenters. The van der Waals surface area contributed by atoms with Crippen LogP contribution in [0, 0.1) is 0 Å². The van der Waals surface area contributed by atoms with Crippen LogP contribution in [-0.2, 0) is 0 Å². The molecule has 0 saturated heterocycles. The van der Waals surface area contributed by atoms with E-state index in [1.807, 2.05) is 24.3 Å². The fraction of sp³-hybridized carbons (Fsp3) is 0.538. The van der Waals surface area contributed by atoms with Crippen molar-refractivity contribution in [3.05, 3.63) is 29.3 Å². The molecule has 1 aromatic rings. The van der Waals surface area contributed by atoms with Crippen LogP contribution in [0.25, 0.3) is 0 Å². The largest absolute Gasteiger partial charge is 0.492 e. The van der Waals surface area contributed by atoms with Gasteiger partial charge in [-0.2, -0.15) is 0 Å². The lowest BCUT2D eigenvalue weighted by molar-refractivity contribution is 0.306. The van der Waals surface area contributed by atoms with Crippen LogP contribution in [-0.4, -0.2) is 19.7 Å². The standard InChI is InChI=1S/C13H20ClNO/c1-2-9-15-10-5-6-11-16-13-8-4-3-7-12(13)14/h3-4,7-8,15H,2,5-6,9-11H2,1H3. The van der Waals surface area contributed by atoms with Gasteiger partial charge in [0.15, 0.2) is 0 Å². The van der Waals surface area contributed by atoms with Gasteiger partial charge in [0.05, 0.1) is 11.6 Å². The van der Waals surface area contributed by atoms with Crippen molar-refractivity contribution in [1.29, 1.82) is 0 Å². The van der Waals surface area contributed by atoms with Gasteiger partial charge in [-0.15, -0.1) is 0 Å². The molecule has 0 saturated carbocycles. The third-order valence-electron chi connectivity index (χ3n) is 2.27. The van der Waals surface area contributed by atoms with E-state index in [0.717, 1.165) is 38.3 Å². The molecule has 1 aromatic carbocycles. The highest BCUT2D eigenvalue weighted by atomic mass is 35.5. The van der Waals surface area contributed by atoms with Gasteiger partial charge >= 0.3 is 0 Å². The van der Waals surface area contributed by atoms with E-state index in [1.165, 1.54) is 6.42 Å². The lowest BCUT2D eigenvalue weighted by Gasteiger charge is -2.07. The van der Waals surface area contributed by atoms with Crippen molar-refractivity contribution in [3.8, 4) is 5.75 Å². The zero-order valence-electron chi connectivity index (χ0n) is 9.84. The van der Waals surface area contributed by atoms with E-state index in [2.05, 4.69) is 12.2 Å². The first-order valence-corrected chi connectivity index (χ1v) is 6.30. The molecule has 0 fully saturated rings. The molecule has 0 spiro atoms. The molecule has 0 amide bonds. The molecular weight excluding hydrogens is 222 g/mol. The van der Waals surface area contributed by atoms with Gasteiger partial charge in [-0.25, -0.2) is 0 Å². The third kappa shape index (κ3) is 5.38. The van der Waals surface area contributed by atoms with Crippen molar-refractivity contribution in [1.82, 2.24) is 5.32 Å². The van der Waals surface area contributed by atoms with Crippen LogP contribution >= 0.6 is 11.6 Å².